The van der Waals surface area contributed by atoms with Gasteiger partial charge in [0.15, 0.2) is 5.65 Å². The van der Waals surface area contributed by atoms with Gasteiger partial charge >= 0.3 is 6.18 Å². The number of hydrogen-bond donors (Lipinski definition) is 1. The summed E-state index contributed by atoms with van der Waals surface area (Å²) in [7, 11) is 0. The molecule has 0 radical (unpaired) electrons. The number of benzene rings is 1. The lowest BCUT2D eigenvalue weighted by Crippen LogP contribution is -2.07. The van der Waals surface area contributed by atoms with Crippen LogP contribution in [0.2, 0.25) is 0 Å². The summed E-state index contributed by atoms with van der Waals surface area (Å²) in [6, 6.07) is 6.88. The number of aromatic hydroxyl groups is 1. The van der Waals surface area contributed by atoms with E-state index in [1.54, 1.807) is 6.92 Å². The molecule has 0 bridgehead atoms. The van der Waals surface area contributed by atoms with Gasteiger partial charge in [0.05, 0.1) is 22.8 Å². The van der Waals surface area contributed by atoms with E-state index in [0.717, 1.165) is 6.07 Å². The van der Waals surface area contributed by atoms with E-state index in [9.17, 15) is 18.3 Å². The van der Waals surface area contributed by atoms with Crippen molar-refractivity contribution in [2.24, 2.45) is 0 Å². The molecule has 2 aromatic heterocycles. The highest BCUT2D eigenvalue weighted by Gasteiger charge is 2.34. The Labute approximate surface area is 123 Å². The maximum absolute atomic E-state index is 13.3. The Morgan fingerprint density at radius 2 is 1.86 bits per heavy atom. The third-order valence-corrected chi connectivity index (χ3v) is 3.38. The summed E-state index contributed by atoms with van der Waals surface area (Å²) in [6.45, 7) is 2.21. The van der Waals surface area contributed by atoms with Crippen LogP contribution in [0.25, 0.3) is 22.3 Å². The lowest BCUT2D eigenvalue weighted by atomic mass is 10.1. The van der Waals surface area contributed by atoms with Gasteiger partial charge in [0.1, 0.15) is 5.75 Å². The second kappa shape index (κ2) is 5.01. The van der Waals surface area contributed by atoms with E-state index in [0.29, 0.717) is 12.1 Å². The predicted molar refractivity (Wildman–Crippen MR) is 75.3 cm³/mol. The van der Waals surface area contributed by atoms with Crippen molar-refractivity contribution in [2.75, 3.05) is 0 Å². The van der Waals surface area contributed by atoms with Gasteiger partial charge < -0.3 is 5.11 Å². The van der Waals surface area contributed by atoms with Crippen LogP contribution >= 0.6 is 0 Å². The average molecular weight is 307 g/mol. The van der Waals surface area contributed by atoms with Crippen LogP contribution in [0.3, 0.4) is 0 Å². The SMILES string of the molecule is CCn1ncc2c(C(F)(F)F)cc(-c3ccc(O)cc3)nc21. The molecule has 0 saturated carbocycles. The van der Waals surface area contributed by atoms with Crippen molar-refractivity contribution in [3.63, 3.8) is 0 Å². The Morgan fingerprint density at radius 3 is 2.45 bits per heavy atom. The molecule has 0 aliphatic heterocycles. The minimum absolute atomic E-state index is 0.0168. The van der Waals surface area contributed by atoms with Gasteiger partial charge in [-0.3, -0.25) is 0 Å². The van der Waals surface area contributed by atoms with Gasteiger partial charge in [-0.25, -0.2) is 9.67 Å². The van der Waals surface area contributed by atoms with Gasteiger partial charge in [0, 0.05) is 12.1 Å². The molecule has 1 N–H and O–H groups in total. The van der Waals surface area contributed by atoms with Crippen molar-refractivity contribution in [2.45, 2.75) is 19.6 Å². The van der Waals surface area contributed by atoms with Crippen LogP contribution in [-0.4, -0.2) is 19.9 Å². The highest BCUT2D eigenvalue weighted by Crippen LogP contribution is 2.36. The van der Waals surface area contributed by atoms with E-state index in [4.69, 9.17) is 0 Å². The summed E-state index contributed by atoms with van der Waals surface area (Å²) in [5.74, 6) is 0.0412. The summed E-state index contributed by atoms with van der Waals surface area (Å²) < 4.78 is 41.3. The number of nitrogens with zero attached hydrogens (tertiary/aromatic N) is 3. The second-order valence-corrected chi connectivity index (χ2v) is 4.80. The molecule has 7 heteroatoms. The Bertz CT molecular complexity index is 822. The molecule has 0 saturated heterocycles. The van der Waals surface area contributed by atoms with E-state index in [1.807, 2.05) is 0 Å². The fourth-order valence-corrected chi connectivity index (χ4v) is 2.29. The number of aryl methyl sites for hydroxylation is 1. The van der Waals surface area contributed by atoms with E-state index >= 15 is 0 Å². The third kappa shape index (κ3) is 2.38. The highest BCUT2D eigenvalue weighted by atomic mass is 19.4. The van der Waals surface area contributed by atoms with E-state index in [2.05, 4.69) is 10.1 Å². The number of alkyl halides is 3. The molecule has 22 heavy (non-hydrogen) atoms. The number of aromatic nitrogens is 3. The van der Waals surface area contributed by atoms with Gasteiger partial charge in [-0.2, -0.15) is 18.3 Å². The van der Waals surface area contributed by atoms with Crippen LogP contribution in [0.5, 0.6) is 5.75 Å². The summed E-state index contributed by atoms with van der Waals surface area (Å²) >= 11 is 0. The maximum Gasteiger partial charge on any atom is 0.417 e. The molecule has 0 amide bonds. The van der Waals surface area contributed by atoms with Gasteiger partial charge in [-0.05, 0) is 37.3 Å². The Morgan fingerprint density at radius 1 is 1.18 bits per heavy atom. The molecule has 2 heterocycles. The molecule has 0 aliphatic carbocycles. The van der Waals surface area contributed by atoms with Crippen LogP contribution < -0.4 is 0 Å². The maximum atomic E-state index is 13.3. The average Bonchev–Trinajstić information content (AvgIpc) is 2.88. The van der Waals surface area contributed by atoms with E-state index < -0.39 is 11.7 Å². The molecule has 0 atom stereocenters. The fourth-order valence-electron chi connectivity index (χ4n) is 2.29. The van der Waals surface area contributed by atoms with Crippen molar-refractivity contribution in [3.8, 4) is 17.0 Å². The smallest absolute Gasteiger partial charge is 0.417 e. The Balaban J connectivity index is 2.29. The van der Waals surface area contributed by atoms with E-state index in [-0.39, 0.29) is 22.5 Å². The lowest BCUT2D eigenvalue weighted by Gasteiger charge is -2.11. The van der Waals surface area contributed by atoms with Crippen molar-refractivity contribution in [3.05, 3.63) is 42.1 Å². The van der Waals surface area contributed by atoms with Crippen molar-refractivity contribution < 1.29 is 18.3 Å². The number of phenols is 1. The first-order chi connectivity index (χ1) is 10.4. The lowest BCUT2D eigenvalue weighted by molar-refractivity contribution is -0.136. The van der Waals surface area contributed by atoms with Crippen LogP contribution in [0.1, 0.15) is 12.5 Å². The topological polar surface area (TPSA) is 50.9 Å². The summed E-state index contributed by atoms with van der Waals surface area (Å²) in [5, 5.41) is 13.2. The number of pyridine rings is 1. The molecule has 3 rings (SSSR count). The zero-order valence-corrected chi connectivity index (χ0v) is 11.6. The highest BCUT2D eigenvalue weighted by molar-refractivity contribution is 5.83. The molecule has 1 aromatic carbocycles. The van der Waals surface area contributed by atoms with Crippen LogP contribution in [0.15, 0.2) is 36.5 Å². The minimum atomic E-state index is -4.49. The van der Waals surface area contributed by atoms with Gasteiger partial charge in [-0.1, -0.05) is 0 Å². The molecule has 114 valence electrons. The second-order valence-electron chi connectivity index (χ2n) is 4.80. The number of halogens is 3. The number of rotatable bonds is 2. The van der Waals surface area contributed by atoms with Gasteiger partial charge in [0.25, 0.3) is 0 Å². The molecule has 0 spiro atoms. The molecule has 3 aromatic rings. The first-order valence-corrected chi connectivity index (χ1v) is 6.63. The molecule has 4 nitrogen and oxygen atoms in total. The molecular weight excluding hydrogens is 295 g/mol. The van der Waals surface area contributed by atoms with Crippen molar-refractivity contribution in [1.82, 2.24) is 14.8 Å². The third-order valence-electron chi connectivity index (χ3n) is 3.38. The largest absolute Gasteiger partial charge is 0.508 e. The molecular formula is C15H12F3N3O. The normalized spacial score (nSPS) is 12.0. The van der Waals surface area contributed by atoms with Crippen LogP contribution in [-0.2, 0) is 12.7 Å². The van der Waals surface area contributed by atoms with E-state index in [1.165, 1.54) is 35.1 Å². The van der Waals surface area contributed by atoms with Gasteiger partial charge in [0.2, 0.25) is 0 Å². The number of hydrogen-bond acceptors (Lipinski definition) is 3. The van der Waals surface area contributed by atoms with Crippen LogP contribution in [0, 0.1) is 0 Å². The quantitative estimate of drug-likeness (QED) is 0.782. The molecule has 0 fully saturated rings. The minimum Gasteiger partial charge on any atom is -0.508 e. The summed E-state index contributed by atoms with van der Waals surface area (Å²) in [4.78, 5) is 4.30. The summed E-state index contributed by atoms with van der Waals surface area (Å²) in [5.41, 5.74) is 0.116. The van der Waals surface area contributed by atoms with Crippen molar-refractivity contribution in [1.29, 1.82) is 0 Å². The Kier molecular flexibility index (Phi) is 3.27. The zero-order chi connectivity index (χ0) is 15.9. The summed E-state index contributed by atoms with van der Waals surface area (Å²) in [6.07, 6.45) is -3.30. The fraction of sp³-hybridized carbons (Fsp3) is 0.200. The first kappa shape index (κ1) is 14.4. The number of phenolic OH excluding ortho intramolecular Hbond substituents is 1. The molecule has 0 unspecified atom stereocenters. The van der Waals surface area contributed by atoms with Crippen molar-refractivity contribution >= 4 is 11.0 Å². The monoisotopic (exact) mass is 307 g/mol. The number of fused-ring (bicyclic) bond motifs is 1. The first-order valence-electron chi connectivity index (χ1n) is 6.63. The predicted octanol–water partition coefficient (Wildman–Crippen LogP) is 3.84. The van der Waals surface area contributed by atoms with Gasteiger partial charge in [-0.15, -0.1) is 0 Å². The zero-order valence-electron chi connectivity index (χ0n) is 11.6. The van der Waals surface area contributed by atoms with Crippen LogP contribution in [0.4, 0.5) is 13.2 Å². The standard InChI is InChI=1S/C15H12F3N3O/c1-2-21-14-11(8-19-21)12(15(16,17)18)7-13(20-14)9-3-5-10(22)6-4-9/h3-8,22H,2H2,1H3. The molecule has 0 aliphatic rings. The Hall–Kier alpha value is -2.57.